The van der Waals surface area contributed by atoms with Gasteiger partial charge in [0.1, 0.15) is 0 Å². The molecular formula is C28H27NO2. The highest BCUT2D eigenvalue weighted by atomic mass is 16.5. The highest BCUT2D eigenvalue weighted by Crippen LogP contribution is 2.39. The molecule has 0 amide bonds. The van der Waals surface area contributed by atoms with Gasteiger partial charge in [0.05, 0.1) is 13.2 Å². The third kappa shape index (κ3) is 3.42. The minimum Gasteiger partial charge on any atom is -0.378 e. The van der Waals surface area contributed by atoms with Gasteiger partial charge in [0.25, 0.3) is 0 Å². The number of Topliss-reactive ketones (excluding diaryl/α,β-unsaturated/α-hetero) is 1. The van der Waals surface area contributed by atoms with E-state index in [0.29, 0.717) is 17.9 Å². The van der Waals surface area contributed by atoms with Crippen molar-refractivity contribution < 1.29 is 9.53 Å². The molecule has 2 atom stereocenters. The number of hydrogen-bond acceptors (Lipinski definition) is 3. The zero-order valence-electron chi connectivity index (χ0n) is 17.7. The van der Waals surface area contributed by atoms with Crippen LogP contribution in [-0.2, 0) is 17.7 Å². The van der Waals surface area contributed by atoms with E-state index in [0.717, 1.165) is 44.6 Å². The number of ketones is 1. The number of hydrogen-bond donors (Lipinski definition) is 0. The first-order chi connectivity index (χ1) is 15.3. The molecule has 156 valence electrons. The number of rotatable bonds is 4. The predicted octanol–water partition coefficient (Wildman–Crippen LogP) is 5.12. The first-order valence-electron chi connectivity index (χ1n) is 11.4. The Hall–Kier alpha value is -2.75. The number of carbonyl (C=O) groups excluding carboxylic acids is 1. The summed E-state index contributed by atoms with van der Waals surface area (Å²) in [6.45, 7) is 2.40. The van der Waals surface area contributed by atoms with E-state index in [1.807, 2.05) is 6.07 Å². The van der Waals surface area contributed by atoms with Gasteiger partial charge in [0.2, 0.25) is 0 Å². The summed E-state index contributed by atoms with van der Waals surface area (Å²) in [5, 5.41) is 0. The van der Waals surface area contributed by atoms with Crippen molar-refractivity contribution in [3.8, 4) is 11.1 Å². The van der Waals surface area contributed by atoms with Crippen LogP contribution in [-0.4, -0.2) is 36.0 Å². The SMILES string of the molecule is O=C(c1ccc2c(c1)Cc1ccccc1-2)C1CC2COCC(C1)N2Cc1ccccc1. The molecule has 2 bridgehead atoms. The van der Waals surface area contributed by atoms with E-state index in [9.17, 15) is 4.79 Å². The van der Waals surface area contributed by atoms with Crippen molar-refractivity contribution in [2.45, 2.75) is 37.9 Å². The lowest BCUT2D eigenvalue weighted by Crippen LogP contribution is -2.57. The summed E-state index contributed by atoms with van der Waals surface area (Å²) in [4.78, 5) is 16.1. The quantitative estimate of drug-likeness (QED) is 0.438. The van der Waals surface area contributed by atoms with Gasteiger partial charge in [-0.1, -0.05) is 66.7 Å². The summed E-state index contributed by atoms with van der Waals surface area (Å²) in [6.07, 6.45) is 2.71. The van der Waals surface area contributed by atoms with Crippen LogP contribution in [0.2, 0.25) is 0 Å². The number of benzene rings is 3. The van der Waals surface area contributed by atoms with Crippen LogP contribution in [0.25, 0.3) is 11.1 Å². The van der Waals surface area contributed by atoms with Gasteiger partial charge >= 0.3 is 0 Å². The number of ether oxygens (including phenoxy) is 1. The molecule has 2 fully saturated rings. The second-order valence-corrected chi connectivity index (χ2v) is 9.24. The molecule has 0 aromatic heterocycles. The highest BCUT2D eigenvalue weighted by molar-refractivity contribution is 5.99. The van der Waals surface area contributed by atoms with Crippen LogP contribution >= 0.6 is 0 Å². The van der Waals surface area contributed by atoms with Crippen LogP contribution in [0.5, 0.6) is 0 Å². The number of morpholine rings is 1. The Kier molecular flexibility index (Phi) is 4.74. The molecule has 3 aliphatic rings. The Bertz CT molecular complexity index is 1110. The van der Waals surface area contributed by atoms with Crippen molar-refractivity contribution in [1.29, 1.82) is 0 Å². The van der Waals surface area contributed by atoms with Crippen molar-refractivity contribution in [3.05, 3.63) is 95.1 Å². The molecule has 0 saturated carbocycles. The number of fused-ring (bicyclic) bond motifs is 5. The summed E-state index contributed by atoms with van der Waals surface area (Å²) in [5.41, 5.74) is 7.47. The minimum atomic E-state index is 0.0905. The van der Waals surface area contributed by atoms with Gasteiger partial charge in [-0.3, -0.25) is 9.69 Å². The Morgan fingerprint density at radius 1 is 0.839 bits per heavy atom. The molecular weight excluding hydrogens is 382 g/mol. The summed E-state index contributed by atoms with van der Waals surface area (Å²) in [7, 11) is 0. The van der Waals surface area contributed by atoms with Gasteiger partial charge in [0.15, 0.2) is 5.78 Å². The van der Waals surface area contributed by atoms with Gasteiger partial charge < -0.3 is 4.74 Å². The minimum absolute atomic E-state index is 0.0905. The standard InChI is InChI=1S/C28H27NO2/c30-28(21-10-11-27-22(13-21)12-20-8-4-5-9-26(20)27)23-14-24-17-31-18-25(15-23)29(24)16-19-6-2-1-3-7-19/h1-11,13,23-25H,12,14-18H2. The van der Waals surface area contributed by atoms with Crippen LogP contribution in [0.4, 0.5) is 0 Å². The van der Waals surface area contributed by atoms with Crippen LogP contribution in [0.15, 0.2) is 72.8 Å². The molecule has 3 heteroatoms. The maximum atomic E-state index is 13.5. The second kappa shape index (κ2) is 7.74. The van der Waals surface area contributed by atoms with Gasteiger partial charge in [-0.2, -0.15) is 0 Å². The summed E-state index contributed by atoms with van der Waals surface area (Å²) in [6, 6.07) is 26.2. The van der Waals surface area contributed by atoms with Gasteiger partial charge in [0, 0.05) is 30.1 Å². The van der Waals surface area contributed by atoms with E-state index in [-0.39, 0.29) is 5.92 Å². The Labute approximate surface area is 183 Å². The monoisotopic (exact) mass is 409 g/mol. The van der Waals surface area contributed by atoms with E-state index < -0.39 is 0 Å². The molecule has 0 radical (unpaired) electrons. The van der Waals surface area contributed by atoms with Crippen LogP contribution in [0.3, 0.4) is 0 Å². The molecule has 3 aromatic carbocycles. The molecule has 31 heavy (non-hydrogen) atoms. The fourth-order valence-electron chi connectivity index (χ4n) is 5.79. The average molecular weight is 410 g/mol. The zero-order valence-corrected chi connectivity index (χ0v) is 17.7. The van der Waals surface area contributed by atoms with Crippen molar-refractivity contribution in [3.63, 3.8) is 0 Å². The van der Waals surface area contributed by atoms with Crippen molar-refractivity contribution in [2.24, 2.45) is 5.92 Å². The molecule has 0 spiro atoms. The van der Waals surface area contributed by atoms with Crippen LogP contribution in [0, 0.1) is 5.92 Å². The first-order valence-corrected chi connectivity index (χ1v) is 11.4. The van der Waals surface area contributed by atoms with Gasteiger partial charge in [-0.05, 0) is 53.1 Å². The molecule has 2 aliphatic heterocycles. The van der Waals surface area contributed by atoms with E-state index >= 15 is 0 Å². The second-order valence-electron chi connectivity index (χ2n) is 9.24. The molecule has 0 N–H and O–H groups in total. The Morgan fingerprint density at radius 3 is 2.35 bits per heavy atom. The summed E-state index contributed by atoms with van der Waals surface area (Å²) in [5.74, 6) is 0.405. The van der Waals surface area contributed by atoms with E-state index in [2.05, 4.69) is 71.6 Å². The lowest BCUT2D eigenvalue weighted by Gasteiger charge is -2.48. The first kappa shape index (κ1) is 19.0. The molecule has 2 heterocycles. The lowest BCUT2D eigenvalue weighted by atomic mass is 9.80. The smallest absolute Gasteiger partial charge is 0.166 e. The maximum absolute atomic E-state index is 13.5. The van der Waals surface area contributed by atoms with E-state index in [4.69, 9.17) is 4.74 Å². The average Bonchev–Trinajstić information content (AvgIpc) is 3.17. The van der Waals surface area contributed by atoms with Gasteiger partial charge in [-0.15, -0.1) is 0 Å². The molecule has 2 unspecified atom stereocenters. The predicted molar refractivity (Wildman–Crippen MR) is 122 cm³/mol. The highest BCUT2D eigenvalue weighted by Gasteiger charge is 2.41. The number of nitrogens with zero attached hydrogens (tertiary/aromatic N) is 1. The fourth-order valence-corrected chi connectivity index (χ4v) is 5.79. The van der Waals surface area contributed by atoms with Crippen molar-refractivity contribution >= 4 is 5.78 Å². The van der Waals surface area contributed by atoms with Crippen LogP contribution in [0.1, 0.15) is 39.9 Å². The summed E-state index contributed by atoms with van der Waals surface area (Å²) >= 11 is 0. The normalized spacial score (nSPS) is 24.5. The number of piperidine rings is 1. The third-order valence-corrected chi connectivity index (χ3v) is 7.33. The molecule has 3 nitrogen and oxygen atoms in total. The Morgan fingerprint density at radius 2 is 1.55 bits per heavy atom. The fraction of sp³-hybridized carbons (Fsp3) is 0.321. The number of carbonyl (C=O) groups is 1. The molecule has 2 saturated heterocycles. The van der Waals surface area contributed by atoms with E-state index in [1.165, 1.54) is 27.8 Å². The maximum Gasteiger partial charge on any atom is 0.166 e. The third-order valence-electron chi connectivity index (χ3n) is 7.33. The van der Waals surface area contributed by atoms with Crippen molar-refractivity contribution in [1.82, 2.24) is 4.90 Å². The topological polar surface area (TPSA) is 29.5 Å². The lowest BCUT2D eigenvalue weighted by molar-refractivity contribution is -0.0872. The zero-order chi connectivity index (χ0) is 20.8. The van der Waals surface area contributed by atoms with Gasteiger partial charge in [-0.25, -0.2) is 0 Å². The molecule has 1 aliphatic carbocycles. The molecule has 6 rings (SSSR count). The largest absolute Gasteiger partial charge is 0.378 e. The summed E-state index contributed by atoms with van der Waals surface area (Å²) < 4.78 is 5.88. The van der Waals surface area contributed by atoms with Crippen molar-refractivity contribution in [2.75, 3.05) is 13.2 Å². The Balaban J connectivity index is 1.21. The molecule has 3 aromatic rings. The van der Waals surface area contributed by atoms with E-state index in [1.54, 1.807) is 0 Å². The van der Waals surface area contributed by atoms with Crippen LogP contribution < -0.4 is 0 Å².